The minimum Gasteiger partial charge on any atom is -0.324 e. The summed E-state index contributed by atoms with van der Waals surface area (Å²) in [5, 5.41) is 3.56. The van der Waals surface area contributed by atoms with Crippen LogP contribution in [0.1, 0.15) is 35.8 Å². The van der Waals surface area contributed by atoms with Crippen LogP contribution in [0.3, 0.4) is 0 Å². The van der Waals surface area contributed by atoms with Gasteiger partial charge in [0, 0.05) is 15.6 Å². The summed E-state index contributed by atoms with van der Waals surface area (Å²) >= 11 is 7.55. The number of anilines is 1. The number of halogens is 1. The molecule has 2 nitrogen and oxygen atoms in total. The van der Waals surface area contributed by atoms with Crippen LogP contribution in [0.25, 0.3) is 0 Å². The smallest absolute Gasteiger partial charge is 0.242 e. The van der Waals surface area contributed by atoms with Gasteiger partial charge in [-0.3, -0.25) is 4.79 Å². The normalized spacial score (nSPS) is 11.8. The SMILES string of the molecule is CCc1cccc(CC)c1NC(=O)C(Sc1ccc(Cl)cc1)c1ccccc1. The van der Waals surface area contributed by atoms with Crippen molar-refractivity contribution in [2.24, 2.45) is 0 Å². The van der Waals surface area contributed by atoms with Gasteiger partial charge in [0.2, 0.25) is 5.91 Å². The Bertz CT molecular complexity index is 903. The van der Waals surface area contributed by atoms with Crippen LogP contribution in [-0.4, -0.2) is 5.91 Å². The predicted octanol–water partition coefficient (Wildman–Crippen LogP) is 6.94. The molecule has 0 bridgehead atoms. The van der Waals surface area contributed by atoms with Crippen molar-refractivity contribution < 1.29 is 4.79 Å². The van der Waals surface area contributed by atoms with Gasteiger partial charge in [0.1, 0.15) is 5.25 Å². The Balaban J connectivity index is 1.92. The Morgan fingerprint density at radius 3 is 2.07 bits per heavy atom. The minimum atomic E-state index is -0.350. The quantitative estimate of drug-likeness (QED) is 0.428. The molecule has 0 aliphatic heterocycles. The van der Waals surface area contributed by atoms with Crippen molar-refractivity contribution in [1.29, 1.82) is 0 Å². The molecule has 1 unspecified atom stereocenters. The van der Waals surface area contributed by atoms with Crippen LogP contribution in [0.4, 0.5) is 5.69 Å². The summed E-state index contributed by atoms with van der Waals surface area (Å²) in [5.41, 5.74) is 4.26. The van der Waals surface area contributed by atoms with Gasteiger partial charge >= 0.3 is 0 Å². The summed E-state index contributed by atoms with van der Waals surface area (Å²) in [6.45, 7) is 4.23. The molecular formula is C24H24ClNOS. The summed E-state index contributed by atoms with van der Waals surface area (Å²) in [4.78, 5) is 14.4. The van der Waals surface area contributed by atoms with Gasteiger partial charge < -0.3 is 5.32 Å². The van der Waals surface area contributed by atoms with E-state index in [1.54, 1.807) is 0 Å². The van der Waals surface area contributed by atoms with Gasteiger partial charge in [-0.2, -0.15) is 0 Å². The van der Waals surface area contributed by atoms with Gasteiger partial charge in [0.15, 0.2) is 0 Å². The maximum atomic E-state index is 13.4. The third-order valence-electron chi connectivity index (χ3n) is 4.66. The number of carbonyl (C=O) groups is 1. The molecule has 3 aromatic rings. The van der Waals surface area contributed by atoms with E-state index in [1.807, 2.05) is 54.6 Å². The van der Waals surface area contributed by atoms with Crippen molar-refractivity contribution in [2.45, 2.75) is 36.8 Å². The van der Waals surface area contributed by atoms with E-state index in [4.69, 9.17) is 11.6 Å². The fourth-order valence-electron chi connectivity index (χ4n) is 3.14. The number of hydrogen-bond acceptors (Lipinski definition) is 2. The summed E-state index contributed by atoms with van der Waals surface area (Å²) in [6.07, 6.45) is 1.76. The number of rotatable bonds is 7. The van der Waals surface area contributed by atoms with E-state index in [9.17, 15) is 4.79 Å². The van der Waals surface area contributed by atoms with E-state index in [2.05, 4.69) is 37.4 Å². The van der Waals surface area contributed by atoms with E-state index in [1.165, 1.54) is 11.8 Å². The fourth-order valence-corrected chi connectivity index (χ4v) is 4.29. The average Bonchev–Trinajstić information content (AvgIpc) is 2.74. The van der Waals surface area contributed by atoms with E-state index in [0.29, 0.717) is 5.02 Å². The van der Waals surface area contributed by atoms with Crippen molar-refractivity contribution >= 4 is 35.0 Å². The second kappa shape index (κ2) is 9.81. The number of benzene rings is 3. The fraction of sp³-hybridized carbons (Fsp3) is 0.208. The molecule has 1 N–H and O–H groups in total. The molecule has 4 heteroatoms. The largest absolute Gasteiger partial charge is 0.324 e. The highest BCUT2D eigenvalue weighted by molar-refractivity contribution is 8.00. The maximum absolute atomic E-state index is 13.4. The first-order valence-electron chi connectivity index (χ1n) is 9.51. The molecule has 28 heavy (non-hydrogen) atoms. The number of nitrogens with one attached hydrogen (secondary N) is 1. The summed E-state index contributed by atoms with van der Waals surface area (Å²) in [5.74, 6) is -0.0123. The molecule has 144 valence electrons. The first kappa shape index (κ1) is 20.5. The van der Waals surface area contributed by atoms with Crippen LogP contribution in [0.2, 0.25) is 5.02 Å². The van der Waals surface area contributed by atoms with Crippen molar-refractivity contribution in [3.05, 3.63) is 94.5 Å². The zero-order valence-electron chi connectivity index (χ0n) is 16.1. The molecule has 1 amide bonds. The van der Waals surface area contributed by atoms with Crippen LogP contribution in [-0.2, 0) is 17.6 Å². The topological polar surface area (TPSA) is 29.1 Å². The van der Waals surface area contributed by atoms with Crippen LogP contribution < -0.4 is 5.32 Å². The number of para-hydroxylation sites is 1. The zero-order chi connectivity index (χ0) is 19.9. The molecule has 0 fully saturated rings. The van der Waals surface area contributed by atoms with Gasteiger partial charge in [-0.15, -0.1) is 11.8 Å². The van der Waals surface area contributed by atoms with Crippen molar-refractivity contribution in [3.63, 3.8) is 0 Å². The number of hydrogen-bond donors (Lipinski definition) is 1. The average molecular weight is 410 g/mol. The van der Waals surface area contributed by atoms with E-state index in [0.717, 1.165) is 40.1 Å². The molecule has 0 aliphatic rings. The standard InChI is InChI=1S/C24H24ClNOS/c1-3-17-11-8-12-18(4-2)22(17)26-24(27)23(19-9-6-5-7-10-19)28-21-15-13-20(25)14-16-21/h5-16,23H,3-4H2,1-2H3,(H,26,27). The molecule has 3 rings (SSSR count). The third kappa shape index (κ3) is 4.98. The summed E-state index contributed by atoms with van der Waals surface area (Å²) in [7, 11) is 0. The second-order valence-electron chi connectivity index (χ2n) is 6.51. The van der Waals surface area contributed by atoms with Crippen molar-refractivity contribution in [2.75, 3.05) is 5.32 Å². The number of thioether (sulfide) groups is 1. The van der Waals surface area contributed by atoms with Crippen LogP contribution in [0.15, 0.2) is 77.7 Å². The van der Waals surface area contributed by atoms with Crippen LogP contribution in [0, 0.1) is 0 Å². The molecular weight excluding hydrogens is 386 g/mol. The highest BCUT2D eigenvalue weighted by Gasteiger charge is 2.23. The van der Waals surface area contributed by atoms with Gasteiger partial charge in [-0.25, -0.2) is 0 Å². The Kier molecular flexibility index (Phi) is 7.18. The summed E-state index contributed by atoms with van der Waals surface area (Å²) < 4.78 is 0. The minimum absolute atomic E-state index is 0.0123. The Hall–Kier alpha value is -2.23. The first-order valence-corrected chi connectivity index (χ1v) is 10.8. The van der Waals surface area contributed by atoms with Gasteiger partial charge in [0.05, 0.1) is 0 Å². The van der Waals surface area contributed by atoms with E-state index < -0.39 is 0 Å². The lowest BCUT2D eigenvalue weighted by Gasteiger charge is -2.20. The monoisotopic (exact) mass is 409 g/mol. The van der Waals surface area contributed by atoms with Crippen LogP contribution >= 0.6 is 23.4 Å². The highest BCUT2D eigenvalue weighted by atomic mass is 35.5. The van der Waals surface area contributed by atoms with Gasteiger partial charge in [-0.05, 0) is 53.8 Å². The Labute approximate surface area is 176 Å². The molecule has 1 atom stereocenters. The third-order valence-corrected chi connectivity index (χ3v) is 6.17. The highest BCUT2D eigenvalue weighted by Crippen LogP contribution is 2.37. The predicted molar refractivity (Wildman–Crippen MR) is 120 cm³/mol. The number of aryl methyl sites for hydroxylation is 2. The zero-order valence-corrected chi connectivity index (χ0v) is 17.7. The molecule has 0 radical (unpaired) electrons. The Morgan fingerprint density at radius 1 is 0.893 bits per heavy atom. The molecule has 3 aromatic carbocycles. The molecule has 0 saturated heterocycles. The van der Waals surface area contributed by atoms with Crippen molar-refractivity contribution in [3.8, 4) is 0 Å². The lowest BCUT2D eigenvalue weighted by molar-refractivity contribution is -0.115. The lowest BCUT2D eigenvalue weighted by atomic mass is 10.0. The second-order valence-corrected chi connectivity index (χ2v) is 8.13. The summed E-state index contributed by atoms with van der Waals surface area (Å²) in [6, 6.07) is 23.7. The van der Waals surface area contributed by atoms with Gasteiger partial charge in [0.25, 0.3) is 0 Å². The molecule has 0 heterocycles. The molecule has 0 spiro atoms. The first-order chi connectivity index (χ1) is 13.6. The van der Waals surface area contributed by atoms with Crippen molar-refractivity contribution in [1.82, 2.24) is 0 Å². The van der Waals surface area contributed by atoms with Crippen LogP contribution in [0.5, 0.6) is 0 Å². The lowest BCUT2D eigenvalue weighted by Crippen LogP contribution is -2.20. The molecule has 0 aromatic heterocycles. The molecule has 0 saturated carbocycles. The number of carbonyl (C=O) groups excluding carboxylic acids is 1. The Morgan fingerprint density at radius 2 is 1.50 bits per heavy atom. The van der Waals surface area contributed by atoms with E-state index >= 15 is 0 Å². The maximum Gasteiger partial charge on any atom is 0.242 e. The number of amides is 1. The van der Waals surface area contributed by atoms with Gasteiger partial charge in [-0.1, -0.05) is 74.0 Å². The molecule has 0 aliphatic carbocycles. The van der Waals surface area contributed by atoms with E-state index in [-0.39, 0.29) is 11.2 Å².